The first kappa shape index (κ1) is 20.3. The van der Waals surface area contributed by atoms with Gasteiger partial charge in [-0.1, -0.05) is 24.3 Å². The number of anilines is 1. The molecule has 1 aromatic carbocycles. The number of H-pyrrole nitrogens is 1. The smallest absolute Gasteiger partial charge is 0.355 e. The molecule has 0 saturated carbocycles. The second kappa shape index (κ2) is 8.43. The molecule has 30 heavy (non-hydrogen) atoms. The lowest BCUT2D eigenvalue weighted by atomic mass is 9.89. The molecule has 1 aromatic heterocycles. The maximum atomic E-state index is 12.5. The van der Waals surface area contributed by atoms with Crippen molar-refractivity contribution in [2.75, 3.05) is 31.6 Å². The maximum Gasteiger partial charge on any atom is 0.355 e. The van der Waals surface area contributed by atoms with E-state index in [0.717, 1.165) is 18.7 Å². The van der Waals surface area contributed by atoms with E-state index >= 15 is 0 Å². The number of amides is 1. The number of carbonyl (C=O) groups is 1. The van der Waals surface area contributed by atoms with Crippen molar-refractivity contribution in [3.63, 3.8) is 0 Å². The van der Waals surface area contributed by atoms with Crippen LogP contribution in [-0.4, -0.2) is 51.6 Å². The van der Waals surface area contributed by atoms with Gasteiger partial charge in [-0.2, -0.15) is 4.98 Å². The van der Waals surface area contributed by atoms with Crippen LogP contribution in [0.1, 0.15) is 55.8 Å². The minimum absolute atomic E-state index is 0.1000. The van der Waals surface area contributed by atoms with Gasteiger partial charge in [0.25, 0.3) is 0 Å². The van der Waals surface area contributed by atoms with Gasteiger partial charge in [-0.3, -0.25) is 9.78 Å². The molecule has 0 aliphatic carbocycles. The van der Waals surface area contributed by atoms with Crippen LogP contribution in [0.15, 0.2) is 33.9 Å². The molecule has 1 atom stereocenters. The molecule has 2 N–H and O–H groups in total. The molecule has 0 radical (unpaired) electrons. The third-order valence-corrected chi connectivity index (χ3v) is 5.98. The fraction of sp³-hybridized carbons (Fsp3) is 0.524. The monoisotopic (exact) mass is 413 g/mol. The molecule has 0 spiro atoms. The highest BCUT2D eigenvalue weighted by atomic mass is 16.5. The standard InChI is InChI=1S/C21H27N5O4/c1-13(15-4-3-5-16(10-15)17-11-25(12-17)14(2)27)22-19-23-20(28)26(21(29)24-19)18-6-8-30-9-7-18/h3-5,10,13,17-18H,6-9,11-12H2,1-2H3,(H2,22,23,24,28,29)/t13-/m0/s1. The zero-order valence-electron chi connectivity index (χ0n) is 17.3. The molecule has 2 aromatic rings. The number of aromatic amines is 1. The second-order valence-corrected chi connectivity index (χ2v) is 8.04. The third-order valence-electron chi connectivity index (χ3n) is 5.98. The van der Waals surface area contributed by atoms with Crippen LogP contribution in [0.3, 0.4) is 0 Å². The first-order valence-corrected chi connectivity index (χ1v) is 10.3. The van der Waals surface area contributed by atoms with Gasteiger partial charge >= 0.3 is 11.4 Å². The van der Waals surface area contributed by atoms with E-state index in [1.165, 1.54) is 10.1 Å². The van der Waals surface area contributed by atoms with E-state index in [0.29, 0.717) is 32.0 Å². The molecule has 9 heteroatoms. The first-order chi connectivity index (χ1) is 14.4. The number of nitrogens with zero attached hydrogens (tertiary/aromatic N) is 3. The highest BCUT2D eigenvalue weighted by molar-refractivity contribution is 5.74. The minimum atomic E-state index is -0.548. The Bertz CT molecular complexity index is 1000. The Morgan fingerprint density at radius 1 is 1.27 bits per heavy atom. The van der Waals surface area contributed by atoms with Crippen LogP contribution in [0.2, 0.25) is 0 Å². The highest BCUT2D eigenvalue weighted by Crippen LogP contribution is 2.29. The summed E-state index contributed by atoms with van der Waals surface area (Å²) in [6.07, 6.45) is 1.26. The number of hydrogen-bond donors (Lipinski definition) is 2. The predicted octanol–water partition coefficient (Wildman–Crippen LogP) is 1.40. The number of rotatable bonds is 5. The highest BCUT2D eigenvalue weighted by Gasteiger charge is 2.30. The van der Waals surface area contributed by atoms with Crippen LogP contribution < -0.4 is 16.7 Å². The van der Waals surface area contributed by atoms with Crippen molar-refractivity contribution in [3.05, 3.63) is 56.4 Å². The van der Waals surface area contributed by atoms with Crippen LogP contribution in [0.4, 0.5) is 5.95 Å². The Morgan fingerprint density at radius 2 is 2.00 bits per heavy atom. The summed E-state index contributed by atoms with van der Waals surface area (Å²) in [5.74, 6) is 0.600. The average Bonchev–Trinajstić information content (AvgIpc) is 2.67. The van der Waals surface area contributed by atoms with Gasteiger partial charge in [-0.25, -0.2) is 14.2 Å². The fourth-order valence-electron chi connectivity index (χ4n) is 4.08. The number of benzene rings is 1. The van der Waals surface area contributed by atoms with Gasteiger partial charge in [0, 0.05) is 45.2 Å². The molecule has 160 valence electrons. The SMILES string of the molecule is CC(=O)N1CC(c2cccc([C@H](C)Nc3nc(=O)n(C4CCOCC4)c(=O)[nH]3)c2)C1. The summed E-state index contributed by atoms with van der Waals surface area (Å²) in [4.78, 5) is 44.9. The van der Waals surface area contributed by atoms with Gasteiger partial charge in [-0.05, 0) is 30.9 Å². The van der Waals surface area contributed by atoms with Crippen molar-refractivity contribution >= 4 is 11.9 Å². The number of carbonyl (C=O) groups excluding carboxylic acids is 1. The molecule has 4 rings (SSSR count). The van der Waals surface area contributed by atoms with E-state index in [-0.39, 0.29) is 23.9 Å². The van der Waals surface area contributed by atoms with E-state index < -0.39 is 11.4 Å². The molecule has 2 fully saturated rings. The van der Waals surface area contributed by atoms with Crippen molar-refractivity contribution in [2.24, 2.45) is 0 Å². The molecular weight excluding hydrogens is 386 g/mol. The molecule has 2 aliphatic heterocycles. The number of likely N-dealkylation sites (tertiary alicyclic amines) is 1. The van der Waals surface area contributed by atoms with E-state index in [1.54, 1.807) is 6.92 Å². The van der Waals surface area contributed by atoms with Gasteiger partial charge in [0.15, 0.2) is 0 Å². The summed E-state index contributed by atoms with van der Waals surface area (Å²) >= 11 is 0. The average molecular weight is 413 g/mol. The predicted molar refractivity (Wildman–Crippen MR) is 112 cm³/mol. The summed E-state index contributed by atoms with van der Waals surface area (Å²) in [7, 11) is 0. The lowest BCUT2D eigenvalue weighted by Gasteiger charge is -2.39. The summed E-state index contributed by atoms with van der Waals surface area (Å²) in [6.45, 7) is 6.08. The lowest BCUT2D eigenvalue weighted by Crippen LogP contribution is -2.47. The van der Waals surface area contributed by atoms with Gasteiger partial charge in [0.05, 0.1) is 6.04 Å². The summed E-state index contributed by atoms with van der Waals surface area (Å²) in [5.41, 5.74) is 1.19. The van der Waals surface area contributed by atoms with Gasteiger partial charge < -0.3 is 15.0 Å². The van der Waals surface area contributed by atoms with Crippen molar-refractivity contribution in [1.29, 1.82) is 0 Å². The molecule has 3 heterocycles. The number of nitrogens with one attached hydrogen (secondary N) is 2. The molecular formula is C21H27N5O4. The first-order valence-electron chi connectivity index (χ1n) is 10.3. The summed E-state index contributed by atoms with van der Waals surface area (Å²) in [5, 5.41) is 3.13. The van der Waals surface area contributed by atoms with Crippen molar-refractivity contribution in [2.45, 2.75) is 44.7 Å². The molecule has 2 aliphatic rings. The molecule has 9 nitrogen and oxygen atoms in total. The summed E-state index contributed by atoms with van der Waals surface area (Å²) in [6, 6.07) is 7.80. The van der Waals surface area contributed by atoms with Crippen LogP contribution >= 0.6 is 0 Å². The third kappa shape index (κ3) is 4.16. The molecule has 0 bridgehead atoms. The fourth-order valence-corrected chi connectivity index (χ4v) is 4.08. The normalized spacial score (nSPS) is 18.7. The second-order valence-electron chi connectivity index (χ2n) is 8.04. The van der Waals surface area contributed by atoms with Gasteiger partial charge in [0.2, 0.25) is 11.9 Å². The molecule has 1 amide bonds. The maximum absolute atomic E-state index is 12.5. The number of aromatic nitrogens is 3. The van der Waals surface area contributed by atoms with E-state index in [2.05, 4.69) is 27.4 Å². The lowest BCUT2D eigenvalue weighted by molar-refractivity contribution is -0.133. The van der Waals surface area contributed by atoms with Gasteiger partial charge in [-0.15, -0.1) is 0 Å². The van der Waals surface area contributed by atoms with E-state index in [1.807, 2.05) is 24.0 Å². The van der Waals surface area contributed by atoms with Crippen LogP contribution in [0, 0.1) is 0 Å². The van der Waals surface area contributed by atoms with E-state index in [4.69, 9.17) is 4.74 Å². The summed E-state index contributed by atoms with van der Waals surface area (Å²) < 4.78 is 6.49. The van der Waals surface area contributed by atoms with Crippen molar-refractivity contribution < 1.29 is 9.53 Å². The quantitative estimate of drug-likeness (QED) is 0.767. The molecule has 2 saturated heterocycles. The Kier molecular flexibility index (Phi) is 5.72. The minimum Gasteiger partial charge on any atom is -0.381 e. The van der Waals surface area contributed by atoms with Crippen LogP contribution in [0.25, 0.3) is 0 Å². The van der Waals surface area contributed by atoms with Crippen LogP contribution in [-0.2, 0) is 9.53 Å². The van der Waals surface area contributed by atoms with Gasteiger partial charge in [0.1, 0.15) is 0 Å². The topological polar surface area (TPSA) is 109 Å². The van der Waals surface area contributed by atoms with E-state index in [9.17, 15) is 14.4 Å². The zero-order chi connectivity index (χ0) is 21.3. The number of hydrogen-bond acceptors (Lipinski definition) is 6. The Hall–Kier alpha value is -2.94. The molecule has 0 unspecified atom stereocenters. The van der Waals surface area contributed by atoms with Crippen molar-refractivity contribution in [3.8, 4) is 0 Å². The zero-order valence-corrected chi connectivity index (χ0v) is 17.3. The Morgan fingerprint density at radius 3 is 2.67 bits per heavy atom. The van der Waals surface area contributed by atoms with Crippen LogP contribution in [0.5, 0.6) is 0 Å². The Labute approximate surface area is 174 Å². The number of ether oxygens (including phenoxy) is 1. The Balaban J connectivity index is 1.47. The van der Waals surface area contributed by atoms with Crippen molar-refractivity contribution in [1.82, 2.24) is 19.4 Å². The largest absolute Gasteiger partial charge is 0.381 e.